The first-order chi connectivity index (χ1) is 10.2. The fourth-order valence-corrected chi connectivity index (χ4v) is 3.48. The normalized spacial score (nSPS) is 28.1. The zero-order valence-corrected chi connectivity index (χ0v) is 13.5. The number of fused-ring (bicyclic) bond motifs is 1. The van der Waals surface area contributed by atoms with Crippen molar-refractivity contribution in [2.24, 2.45) is 0 Å². The molecule has 2 unspecified atom stereocenters. The standard InChI is InChI=1S/C16H27N5/c1-17-13-6-4-5-7-14-12(13)10-18-16(19-14)15-11-20(2)8-9-21(15)3/h10,13,15,17H,4-9,11H2,1-3H3. The van der Waals surface area contributed by atoms with Crippen molar-refractivity contribution in [2.45, 2.75) is 37.8 Å². The molecule has 2 atom stereocenters. The first-order valence-corrected chi connectivity index (χ1v) is 8.11. The zero-order valence-electron chi connectivity index (χ0n) is 13.5. The highest BCUT2D eigenvalue weighted by molar-refractivity contribution is 5.24. The van der Waals surface area contributed by atoms with Crippen molar-refractivity contribution in [3.8, 4) is 0 Å². The minimum Gasteiger partial charge on any atom is -0.313 e. The van der Waals surface area contributed by atoms with Crippen molar-refractivity contribution in [3.05, 3.63) is 23.3 Å². The van der Waals surface area contributed by atoms with Crippen molar-refractivity contribution in [1.82, 2.24) is 25.1 Å². The maximum atomic E-state index is 4.96. The molecule has 1 aliphatic carbocycles. The van der Waals surface area contributed by atoms with E-state index in [0.717, 1.165) is 31.9 Å². The minimum atomic E-state index is 0.324. The smallest absolute Gasteiger partial charge is 0.146 e. The average Bonchev–Trinajstić information content (AvgIpc) is 2.70. The Morgan fingerprint density at radius 3 is 2.90 bits per heavy atom. The van der Waals surface area contributed by atoms with Crippen LogP contribution in [-0.4, -0.2) is 60.5 Å². The Hall–Kier alpha value is -1.04. The summed E-state index contributed by atoms with van der Waals surface area (Å²) in [6.45, 7) is 3.23. The minimum absolute atomic E-state index is 0.324. The molecule has 2 aliphatic rings. The topological polar surface area (TPSA) is 44.3 Å². The van der Waals surface area contributed by atoms with Gasteiger partial charge in [0, 0.05) is 43.1 Å². The van der Waals surface area contributed by atoms with Gasteiger partial charge in [-0.25, -0.2) is 9.97 Å². The lowest BCUT2D eigenvalue weighted by Gasteiger charge is -2.36. The number of nitrogens with one attached hydrogen (secondary N) is 1. The summed E-state index contributed by atoms with van der Waals surface area (Å²) >= 11 is 0. The maximum absolute atomic E-state index is 4.96. The third kappa shape index (κ3) is 3.10. The van der Waals surface area contributed by atoms with E-state index in [-0.39, 0.29) is 0 Å². The molecule has 2 heterocycles. The van der Waals surface area contributed by atoms with Gasteiger partial charge in [-0.1, -0.05) is 6.42 Å². The van der Waals surface area contributed by atoms with E-state index in [1.807, 2.05) is 7.05 Å². The Balaban J connectivity index is 1.89. The molecule has 5 heteroatoms. The fraction of sp³-hybridized carbons (Fsp3) is 0.750. The Morgan fingerprint density at radius 1 is 1.24 bits per heavy atom. The van der Waals surface area contributed by atoms with Gasteiger partial charge in [-0.3, -0.25) is 4.90 Å². The van der Waals surface area contributed by atoms with E-state index >= 15 is 0 Å². The predicted molar refractivity (Wildman–Crippen MR) is 84.3 cm³/mol. The van der Waals surface area contributed by atoms with Crippen LogP contribution in [0.2, 0.25) is 0 Å². The van der Waals surface area contributed by atoms with Crippen molar-refractivity contribution in [3.63, 3.8) is 0 Å². The summed E-state index contributed by atoms with van der Waals surface area (Å²) in [5, 5.41) is 3.42. The van der Waals surface area contributed by atoms with Crippen molar-refractivity contribution >= 4 is 0 Å². The molecule has 0 bridgehead atoms. The van der Waals surface area contributed by atoms with Crippen LogP contribution in [0.4, 0.5) is 0 Å². The maximum Gasteiger partial charge on any atom is 0.146 e. The van der Waals surface area contributed by atoms with Gasteiger partial charge in [0.2, 0.25) is 0 Å². The summed E-state index contributed by atoms with van der Waals surface area (Å²) in [5.74, 6) is 1.000. The lowest BCUT2D eigenvalue weighted by atomic mass is 10.0. The number of hydrogen-bond donors (Lipinski definition) is 1. The number of nitrogens with zero attached hydrogens (tertiary/aromatic N) is 4. The van der Waals surface area contributed by atoms with Gasteiger partial charge in [0.15, 0.2) is 0 Å². The first-order valence-electron chi connectivity index (χ1n) is 8.11. The Labute approximate surface area is 127 Å². The second kappa shape index (κ2) is 6.38. The molecule has 0 aromatic carbocycles. The third-order valence-electron chi connectivity index (χ3n) is 4.95. The quantitative estimate of drug-likeness (QED) is 0.833. The molecule has 1 aliphatic heterocycles. The SMILES string of the molecule is CNC1CCCCc2nc(C3CN(C)CCN3C)ncc21. The van der Waals surface area contributed by atoms with Gasteiger partial charge in [0.05, 0.1) is 6.04 Å². The monoisotopic (exact) mass is 289 g/mol. The molecule has 21 heavy (non-hydrogen) atoms. The highest BCUT2D eigenvalue weighted by Crippen LogP contribution is 2.28. The lowest BCUT2D eigenvalue weighted by molar-refractivity contribution is 0.109. The van der Waals surface area contributed by atoms with E-state index in [1.54, 1.807) is 0 Å². The zero-order chi connectivity index (χ0) is 14.8. The lowest BCUT2D eigenvalue weighted by Crippen LogP contribution is -2.45. The molecule has 0 radical (unpaired) electrons. The van der Waals surface area contributed by atoms with E-state index in [2.05, 4.69) is 35.4 Å². The van der Waals surface area contributed by atoms with E-state index < -0.39 is 0 Å². The summed E-state index contributed by atoms with van der Waals surface area (Å²) in [4.78, 5) is 14.4. The van der Waals surface area contributed by atoms with E-state index in [4.69, 9.17) is 9.97 Å². The van der Waals surface area contributed by atoms with Crippen LogP contribution in [0.25, 0.3) is 0 Å². The molecular formula is C16H27N5. The summed E-state index contributed by atoms with van der Waals surface area (Å²) in [5.41, 5.74) is 2.57. The molecule has 1 aromatic heterocycles. The number of likely N-dealkylation sites (N-methyl/N-ethyl adjacent to an activating group) is 2. The number of rotatable bonds is 2. The van der Waals surface area contributed by atoms with Gasteiger partial charge >= 0.3 is 0 Å². The molecule has 1 saturated heterocycles. The van der Waals surface area contributed by atoms with E-state index in [0.29, 0.717) is 12.1 Å². The van der Waals surface area contributed by atoms with Crippen LogP contribution in [0.3, 0.4) is 0 Å². The van der Waals surface area contributed by atoms with Gasteiger partial charge in [-0.05, 0) is 40.4 Å². The fourth-order valence-electron chi connectivity index (χ4n) is 3.48. The molecular weight excluding hydrogens is 262 g/mol. The molecule has 0 spiro atoms. The summed E-state index contributed by atoms with van der Waals surface area (Å²) in [6.07, 6.45) is 6.87. The van der Waals surface area contributed by atoms with Crippen LogP contribution in [-0.2, 0) is 6.42 Å². The highest BCUT2D eigenvalue weighted by atomic mass is 15.3. The van der Waals surface area contributed by atoms with Gasteiger partial charge in [-0.2, -0.15) is 0 Å². The van der Waals surface area contributed by atoms with Crippen LogP contribution in [0.15, 0.2) is 6.20 Å². The van der Waals surface area contributed by atoms with Crippen LogP contribution < -0.4 is 5.32 Å². The van der Waals surface area contributed by atoms with Crippen LogP contribution >= 0.6 is 0 Å². The molecule has 116 valence electrons. The summed E-state index contributed by atoms with van der Waals surface area (Å²) in [6, 6.07) is 0.744. The summed E-state index contributed by atoms with van der Waals surface area (Å²) in [7, 11) is 6.40. The number of hydrogen-bond acceptors (Lipinski definition) is 5. The van der Waals surface area contributed by atoms with E-state index in [9.17, 15) is 0 Å². The van der Waals surface area contributed by atoms with Crippen LogP contribution in [0.1, 0.15) is 48.4 Å². The Kier molecular flexibility index (Phi) is 4.52. The van der Waals surface area contributed by atoms with Crippen LogP contribution in [0, 0.1) is 0 Å². The Bertz CT molecular complexity index is 490. The highest BCUT2D eigenvalue weighted by Gasteiger charge is 2.27. The van der Waals surface area contributed by atoms with Crippen molar-refractivity contribution in [1.29, 1.82) is 0 Å². The molecule has 5 nitrogen and oxygen atoms in total. The predicted octanol–water partition coefficient (Wildman–Crippen LogP) is 1.38. The second-order valence-corrected chi connectivity index (χ2v) is 6.48. The largest absolute Gasteiger partial charge is 0.313 e. The molecule has 1 N–H and O–H groups in total. The molecule has 3 rings (SSSR count). The van der Waals surface area contributed by atoms with Gasteiger partial charge in [0.1, 0.15) is 5.82 Å². The number of piperazine rings is 1. The molecule has 1 fully saturated rings. The van der Waals surface area contributed by atoms with E-state index in [1.165, 1.54) is 30.5 Å². The number of aromatic nitrogens is 2. The van der Waals surface area contributed by atoms with Gasteiger partial charge in [0.25, 0.3) is 0 Å². The first kappa shape index (κ1) is 14.9. The molecule has 0 saturated carbocycles. The molecule has 0 amide bonds. The third-order valence-corrected chi connectivity index (χ3v) is 4.95. The molecule has 1 aromatic rings. The summed E-state index contributed by atoms with van der Waals surface area (Å²) < 4.78 is 0. The number of aryl methyl sites for hydroxylation is 1. The van der Waals surface area contributed by atoms with Gasteiger partial charge in [-0.15, -0.1) is 0 Å². The Morgan fingerprint density at radius 2 is 2.10 bits per heavy atom. The van der Waals surface area contributed by atoms with Crippen molar-refractivity contribution < 1.29 is 0 Å². The van der Waals surface area contributed by atoms with Gasteiger partial charge < -0.3 is 10.2 Å². The van der Waals surface area contributed by atoms with Crippen LogP contribution in [0.5, 0.6) is 0 Å². The van der Waals surface area contributed by atoms with Crippen molar-refractivity contribution in [2.75, 3.05) is 40.8 Å². The second-order valence-electron chi connectivity index (χ2n) is 6.48. The average molecular weight is 289 g/mol.